The third-order valence-corrected chi connectivity index (χ3v) is 2.50. The zero-order valence-electron chi connectivity index (χ0n) is 9.33. The minimum absolute atomic E-state index is 0.109. The smallest absolute Gasteiger partial charge is 0.336 e. The lowest BCUT2D eigenvalue weighted by Crippen LogP contribution is -1.99. The highest BCUT2D eigenvalue weighted by Gasteiger charge is 2.15. The second-order valence-electron chi connectivity index (χ2n) is 3.57. The fraction of sp³-hybridized carbons (Fsp3) is 0. The van der Waals surface area contributed by atoms with Gasteiger partial charge in [-0.2, -0.15) is 4.99 Å². The Balaban J connectivity index is 2.76. The summed E-state index contributed by atoms with van der Waals surface area (Å²) in [6, 6.07) is 13.6. The molecule has 4 nitrogen and oxygen atoms in total. The van der Waals surface area contributed by atoms with Crippen molar-refractivity contribution >= 4 is 17.7 Å². The van der Waals surface area contributed by atoms with Gasteiger partial charge in [-0.15, -0.1) is 0 Å². The van der Waals surface area contributed by atoms with E-state index >= 15 is 0 Å². The van der Waals surface area contributed by atoms with Crippen molar-refractivity contribution in [3.8, 4) is 11.1 Å². The monoisotopic (exact) mass is 239 g/mol. The molecule has 0 unspecified atom stereocenters. The van der Waals surface area contributed by atoms with Gasteiger partial charge in [-0.05, 0) is 17.7 Å². The van der Waals surface area contributed by atoms with E-state index in [1.54, 1.807) is 36.4 Å². The Kier molecular flexibility index (Phi) is 3.32. The van der Waals surface area contributed by atoms with Gasteiger partial charge in [0.05, 0.1) is 11.3 Å². The molecule has 0 heterocycles. The van der Waals surface area contributed by atoms with Gasteiger partial charge >= 0.3 is 5.97 Å². The van der Waals surface area contributed by atoms with E-state index in [9.17, 15) is 14.7 Å². The highest BCUT2D eigenvalue weighted by Crippen LogP contribution is 2.33. The number of carboxylic acid groups (broad SMARTS) is 1. The summed E-state index contributed by atoms with van der Waals surface area (Å²) in [7, 11) is 0. The Morgan fingerprint density at radius 1 is 1.06 bits per heavy atom. The first kappa shape index (κ1) is 11.8. The van der Waals surface area contributed by atoms with Crippen molar-refractivity contribution in [2.75, 3.05) is 0 Å². The number of aromatic carboxylic acids is 1. The molecule has 0 radical (unpaired) electrons. The molecular formula is C14H9NO3. The van der Waals surface area contributed by atoms with Gasteiger partial charge in [0.15, 0.2) is 0 Å². The van der Waals surface area contributed by atoms with Crippen LogP contribution in [0.5, 0.6) is 0 Å². The number of carbonyl (C=O) groups is 1. The number of rotatable bonds is 3. The van der Waals surface area contributed by atoms with Crippen LogP contribution in [-0.2, 0) is 4.79 Å². The van der Waals surface area contributed by atoms with Crippen LogP contribution in [0.25, 0.3) is 11.1 Å². The summed E-state index contributed by atoms with van der Waals surface area (Å²) < 4.78 is 0. The van der Waals surface area contributed by atoms with Crippen LogP contribution in [0.15, 0.2) is 53.5 Å². The number of carboxylic acids is 1. The Morgan fingerprint density at radius 2 is 1.78 bits per heavy atom. The number of hydrogen-bond donors (Lipinski definition) is 1. The molecule has 0 saturated carbocycles. The van der Waals surface area contributed by atoms with E-state index in [0.29, 0.717) is 16.8 Å². The van der Waals surface area contributed by atoms with E-state index in [0.717, 1.165) is 0 Å². The molecule has 2 rings (SSSR count). The molecule has 0 aliphatic rings. The average Bonchev–Trinajstić information content (AvgIpc) is 2.40. The van der Waals surface area contributed by atoms with Crippen molar-refractivity contribution in [1.82, 2.24) is 0 Å². The summed E-state index contributed by atoms with van der Waals surface area (Å²) in [4.78, 5) is 25.2. The van der Waals surface area contributed by atoms with E-state index in [2.05, 4.69) is 4.99 Å². The first-order valence-electron chi connectivity index (χ1n) is 5.23. The van der Waals surface area contributed by atoms with Gasteiger partial charge in [0.2, 0.25) is 6.08 Å². The van der Waals surface area contributed by atoms with Gasteiger partial charge in [-0.25, -0.2) is 9.59 Å². The van der Waals surface area contributed by atoms with Crippen molar-refractivity contribution in [2.45, 2.75) is 0 Å². The molecule has 88 valence electrons. The molecule has 0 bridgehead atoms. The SMILES string of the molecule is O=C=Nc1cccc(C(=O)O)c1-c1ccccc1. The number of hydrogen-bond acceptors (Lipinski definition) is 3. The topological polar surface area (TPSA) is 66.7 Å². The maximum atomic E-state index is 11.2. The first-order valence-corrected chi connectivity index (χ1v) is 5.23. The maximum absolute atomic E-state index is 11.2. The lowest BCUT2D eigenvalue weighted by atomic mass is 9.98. The molecule has 18 heavy (non-hydrogen) atoms. The maximum Gasteiger partial charge on any atom is 0.336 e. The molecule has 0 aliphatic heterocycles. The number of aliphatic imine (C=N–C) groups is 1. The van der Waals surface area contributed by atoms with Gasteiger partial charge in [-0.1, -0.05) is 36.4 Å². The standard InChI is InChI=1S/C14H9NO3/c16-9-15-12-8-4-7-11(14(17)18)13(12)10-5-2-1-3-6-10/h1-8H,(H,17,18). The minimum atomic E-state index is -1.06. The summed E-state index contributed by atoms with van der Waals surface area (Å²) in [5.41, 5.74) is 1.53. The summed E-state index contributed by atoms with van der Waals surface area (Å²) in [5, 5.41) is 9.18. The quantitative estimate of drug-likeness (QED) is 0.661. The Bertz CT molecular complexity index is 608. The van der Waals surface area contributed by atoms with Crippen LogP contribution in [0.1, 0.15) is 10.4 Å². The molecule has 0 spiro atoms. The van der Waals surface area contributed by atoms with Crippen molar-refractivity contribution in [2.24, 2.45) is 4.99 Å². The first-order chi connectivity index (χ1) is 8.74. The fourth-order valence-electron chi connectivity index (χ4n) is 1.77. The predicted molar refractivity (Wildman–Crippen MR) is 66.6 cm³/mol. The molecule has 0 aliphatic carbocycles. The van der Waals surface area contributed by atoms with Crippen LogP contribution in [0, 0.1) is 0 Å². The van der Waals surface area contributed by atoms with Crippen LogP contribution in [-0.4, -0.2) is 17.2 Å². The Morgan fingerprint density at radius 3 is 2.39 bits per heavy atom. The van der Waals surface area contributed by atoms with E-state index < -0.39 is 5.97 Å². The zero-order chi connectivity index (χ0) is 13.0. The summed E-state index contributed by atoms with van der Waals surface area (Å²) >= 11 is 0. The Hall–Kier alpha value is -2.71. The normalized spacial score (nSPS) is 9.56. The third kappa shape index (κ3) is 2.19. The van der Waals surface area contributed by atoms with Crippen molar-refractivity contribution in [1.29, 1.82) is 0 Å². The van der Waals surface area contributed by atoms with Crippen molar-refractivity contribution in [3.05, 3.63) is 54.1 Å². The van der Waals surface area contributed by atoms with Gasteiger partial charge in [-0.3, -0.25) is 0 Å². The van der Waals surface area contributed by atoms with Crippen LogP contribution in [0.2, 0.25) is 0 Å². The Labute approximate surface area is 103 Å². The molecule has 0 aromatic heterocycles. The fourth-order valence-corrected chi connectivity index (χ4v) is 1.77. The van der Waals surface area contributed by atoms with Crippen LogP contribution in [0.3, 0.4) is 0 Å². The number of isocyanates is 1. The van der Waals surface area contributed by atoms with Crippen molar-refractivity contribution < 1.29 is 14.7 Å². The summed E-state index contributed by atoms with van der Waals surface area (Å²) in [6.45, 7) is 0. The highest BCUT2D eigenvalue weighted by atomic mass is 16.4. The summed E-state index contributed by atoms with van der Waals surface area (Å²) in [5.74, 6) is -1.06. The molecular weight excluding hydrogens is 230 g/mol. The van der Waals surface area contributed by atoms with E-state index in [-0.39, 0.29) is 5.56 Å². The van der Waals surface area contributed by atoms with E-state index in [1.165, 1.54) is 12.1 Å². The number of nitrogens with zero attached hydrogens (tertiary/aromatic N) is 1. The number of benzene rings is 2. The molecule has 2 aromatic carbocycles. The lowest BCUT2D eigenvalue weighted by molar-refractivity contribution is 0.0697. The molecule has 0 saturated heterocycles. The largest absolute Gasteiger partial charge is 0.478 e. The number of carbonyl (C=O) groups excluding carboxylic acids is 1. The lowest BCUT2D eigenvalue weighted by Gasteiger charge is -2.08. The third-order valence-electron chi connectivity index (χ3n) is 2.50. The van der Waals surface area contributed by atoms with Gasteiger partial charge in [0.25, 0.3) is 0 Å². The molecule has 0 atom stereocenters. The summed E-state index contributed by atoms with van der Waals surface area (Å²) in [6.07, 6.45) is 1.44. The molecule has 0 amide bonds. The average molecular weight is 239 g/mol. The van der Waals surface area contributed by atoms with E-state index in [1.807, 2.05) is 6.07 Å². The molecule has 0 fully saturated rings. The minimum Gasteiger partial charge on any atom is -0.478 e. The van der Waals surface area contributed by atoms with Crippen LogP contribution >= 0.6 is 0 Å². The molecule has 4 heteroatoms. The zero-order valence-corrected chi connectivity index (χ0v) is 9.33. The van der Waals surface area contributed by atoms with Crippen LogP contribution < -0.4 is 0 Å². The predicted octanol–water partition coefficient (Wildman–Crippen LogP) is 3.02. The second-order valence-corrected chi connectivity index (χ2v) is 3.57. The molecule has 2 aromatic rings. The van der Waals surface area contributed by atoms with Crippen LogP contribution in [0.4, 0.5) is 5.69 Å². The van der Waals surface area contributed by atoms with Gasteiger partial charge < -0.3 is 5.11 Å². The highest BCUT2D eigenvalue weighted by molar-refractivity contribution is 5.99. The van der Waals surface area contributed by atoms with Gasteiger partial charge in [0.1, 0.15) is 0 Å². The van der Waals surface area contributed by atoms with Gasteiger partial charge in [0, 0.05) is 5.56 Å². The molecule has 1 N–H and O–H groups in total. The van der Waals surface area contributed by atoms with Crippen molar-refractivity contribution in [3.63, 3.8) is 0 Å². The van der Waals surface area contributed by atoms with E-state index in [4.69, 9.17) is 0 Å². The second kappa shape index (κ2) is 5.08.